The maximum Gasteiger partial charge on any atom is 0.336 e. The topological polar surface area (TPSA) is 49.3 Å². The maximum atomic E-state index is 11.3. The SMILES string of the molecule is Cc1ccccc1CNC(C)c1cc(Br)ccc1C(=O)O. The van der Waals surface area contributed by atoms with E-state index in [4.69, 9.17) is 0 Å². The Kier molecular flexibility index (Phi) is 5.15. The van der Waals surface area contributed by atoms with Crippen molar-refractivity contribution in [2.75, 3.05) is 0 Å². The van der Waals surface area contributed by atoms with Gasteiger partial charge in [-0.05, 0) is 48.7 Å². The van der Waals surface area contributed by atoms with Gasteiger partial charge in [-0.1, -0.05) is 40.2 Å². The summed E-state index contributed by atoms with van der Waals surface area (Å²) in [6.45, 7) is 4.76. The molecule has 2 rings (SSSR count). The Morgan fingerprint density at radius 1 is 1.29 bits per heavy atom. The van der Waals surface area contributed by atoms with Gasteiger partial charge in [-0.15, -0.1) is 0 Å². The highest BCUT2D eigenvalue weighted by Gasteiger charge is 2.15. The standard InChI is InChI=1S/C17H18BrNO2/c1-11-5-3-4-6-13(11)10-19-12(2)16-9-14(18)7-8-15(16)17(20)21/h3-9,12,19H,10H2,1-2H3,(H,20,21). The van der Waals surface area contributed by atoms with Gasteiger partial charge in [0.25, 0.3) is 0 Å². The van der Waals surface area contributed by atoms with Crippen LogP contribution in [-0.2, 0) is 6.54 Å². The third-order valence-corrected chi connectivity index (χ3v) is 4.06. The number of rotatable bonds is 5. The molecule has 0 aliphatic rings. The van der Waals surface area contributed by atoms with Crippen LogP contribution >= 0.6 is 15.9 Å². The number of hydrogen-bond acceptors (Lipinski definition) is 2. The van der Waals surface area contributed by atoms with Crippen molar-refractivity contribution in [3.8, 4) is 0 Å². The molecule has 3 nitrogen and oxygen atoms in total. The molecule has 0 aliphatic carbocycles. The van der Waals surface area contributed by atoms with E-state index < -0.39 is 5.97 Å². The predicted octanol–water partition coefficient (Wildman–Crippen LogP) is 4.31. The molecule has 2 N–H and O–H groups in total. The highest BCUT2D eigenvalue weighted by Crippen LogP contribution is 2.23. The molecule has 0 radical (unpaired) electrons. The smallest absolute Gasteiger partial charge is 0.336 e. The lowest BCUT2D eigenvalue weighted by atomic mass is 10.0. The lowest BCUT2D eigenvalue weighted by Gasteiger charge is -2.17. The van der Waals surface area contributed by atoms with Gasteiger partial charge in [0, 0.05) is 17.1 Å². The number of aryl methyl sites for hydroxylation is 1. The summed E-state index contributed by atoms with van der Waals surface area (Å²) in [5, 5.41) is 12.7. The lowest BCUT2D eigenvalue weighted by Crippen LogP contribution is -2.21. The molecule has 21 heavy (non-hydrogen) atoms. The summed E-state index contributed by atoms with van der Waals surface area (Å²) in [6, 6.07) is 13.4. The summed E-state index contributed by atoms with van der Waals surface area (Å²) in [7, 11) is 0. The first-order valence-electron chi connectivity index (χ1n) is 6.79. The molecular formula is C17H18BrNO2. The van der Waals surface area contributed by atoms with Crippen LogP contribution in [0.3, 0.4) is 0 Å². The second-order valence-electron chi connectivity index (χ2n) is 5.07. The maximum absolute atomic E-state index is 11.3. The van der Waals surface area contributed by atoms with Crippen molar-refractivity contribution in [1.82, 2.24) is 5.32 Å². The van der Waals surface area contributed by atoms with Crippen LogP contribution in [0.4, 0.5) is 0 Å². The average molecular weight is 348 g/mol. The predicted molar refractivity (Wildman–Crippen MR) is 87.5 cm³/mol. The molecule has 0 bridgehead atoms. The van der Waals surface area contributed by atoms with Gasteiger partial charge in [0.05, 0.1) is 5.56 Å². The zero-order valence-corrected chi connectivity index (χ0v) is 13.6. The van der Waals surface area contributed by atoms with E-state index in [-0.39, 0.29) is 6.04 Å². The fourth-order valence-electron chi connectivity index (χ4n) is 2.27. The molecule has 0 saturated heterocycles. The monoisotopic (exact) mass is 347 g/mol. The van der Waals surface area contributed by atoms with Gasteiger partial charge in [0.1, 0.15) is 0 Å². The van der Waals surface area contributed by atoms with Crippen LogP contribution in [0.5, 0.6) is 0 Å². The Morgan fingerprint density at radius 3 is 2.67 bits per heavy atom. The first-order chi connectivity index (χ1) is 9.99. The lowest BCUT2D eigenvalue weighted by molar-refractivity contribution is 0.0695. The molecule has 0 amide bonds. The van der Waals surface area contributed by atoms with E-state index in [9.17, 15) is 9.90 Å². The first-order valence-corrected chi connectivity index (χ1v) is 7.59. The van der Waals surface area contributed by atoms with Crippen molar-refractivity contribution < 1.29 is 9.90 Å². The number of hydrogen-bond donors (Lipinski definition) is 2. The molecule has 2 aromatic rings. The Hall–Kier alpha value is -1.65. The summed E-state index contributed by atoms with van der Waals surface area (Å²) < 4.78 is 0.882. The summed E-state index contributed by atoms with van der Waals surface area (Å²) in [5.74, 6) is -0.901. The molecular weight excluding hydrogens is 330 g/mol. The molecule has 0 heterocycles. The summed E-state index contributed by atoms with van der Waals surface area (Å²) in [5.41, 5.74) is 3.56. The normalized spacial score (nSPS) is 12.1. The van der Waals surface area contributed by atoms with Crippen LogP contribution in [0.1, 0.15) is 40.0 Å². The molecule has 110 valence electrons. The highest BCUT2D eigenvalue weighted by atomic mass is 79.9. The van der Waals surface area contributed by atoms with Crippen molar-refractivity contribution >= 4 is 21.9 Å². The van der Waals surface area contributed by atoms with E-state index in [2.05, 4.69) is 40.3 Å². The number of aromatic carboxylic acids is 1. The van der Waals surface area contributed by atoms with Gasteiger partial charge in [-0.3, -0.25) is 0 Å². The van der Waals surface area contributed by atoms with Crippen molar-refractivity contribution in [3.63, 3.8) is 0 Å². The number of benzene rings is 2. The molecule has 0 saturated carbocycles. The van der Waals surface area contributed by atoms with Crippen LogP contribution in [0.15, 0.2) is 46.9 Å². The largest absolute Gasteiger partial charge is 0.478 e. The molecule has 0 fully saturated rings. The Morgan fingerprint density at radius 2 is 2.00 bits per heavy atom. The highest BCUT2D eigenvalue weighted by molar-refractivity contribution is 9.10. The van der Waals surface area contributed by atoms with Crippen molar-refractivity contribution in [3.05, 3.63) is 69.2 Å². The van der Waals surface area contributed by atoms with E-state index in [0.29, 0.717) is 12.1 Å². The molecule has 0 aliphatic heterocycles. The fraction of sp³-hybridized carbons (Fsp3) is 0.235. The third-order valence-electron chi connectivity index (χ3n) is 3.57. The minimum Gasteiger partial charge on any atom is -0.478 e. The third kappa shape index (κ3) is 3.93. The number of carboxylic acids is 1. The Labute approximate surface area is 133 Å². The summed E-state index contributed by atoms with van der Waals surface area (Å²) in [6.07, 6.45) is 0. The van der Waals surface area contributed by atoms with Crippen molar-refractivity contribution in [2.45, 2.75) is 26.4 Å². The van der Waals surface area contributed by atoms with Gasteiger partial charge in [0.2, 0.25) is 0 Å². The number of carboxylic acid groups (broad SMARTS) is 1. The molecule has 2 aromatic carbocycles. The van der Waals surface area contributed by atoms with E-state index in [0.717, 1.165) is 10.0 Å². The molecule has 1 atom stereocenters. The number of carbonyl (C=O) groups is 1. The zero-order chi connectivity index (χ0) is 15.4. The van der Waals surface area contributed by atoms with Gasteiger partial charge < -0.3 is 10.4 Å². The van der Waals surface area contributed by atoms with Gasteiger partial charge in [-0.2, -0.15) is 0 Å². The molecule has 4 heteroatoms. The van der Waals surface area contributed by atoms with Crippen LogP contribution in [0, 0.1) is 6.92 Å². The van der Waals surface area contributed by atoms with E-state index in [1.54, 1.807) is 12.1 Å². The van der Waals surface area contributed by atoms with Crippen LogP contribution in [0.2, 0.25) is 0 Å². The quantitative estimate of drug-likeness (QED) is 0.847. The zero-order valence-electron chi connectivity index (χ0n) is 12.1. The Bertz CT molecular complexity index is 655. The van der Waals surface area contributed by atoms with Gasteiger partial charge in [0.15, 0.2) is 0 Å². The fourth-order valence-corrected chi connectivity index (χ4v) is 2.65. The molecule has 1 unspecified atom stereocenters. The van der Waals surface area contributed by atoms with Crippen LogP contribution in [0.25, 0.3) is 0 Å². The second kappa shape index (κ2) is 6.87. The van der Waals surface area contributed by atoms with Gasteiger partial charge in [-0.25, -0.2) is 4.79 Å². The van der Waals surface area contributed by atoms with Crippen LogP contribution < -0.4 is 5.32 Å². The Balaban J connectivity index is 2.17. The van der Waals surface area contributed by atoms with Gasteiger partial charge >= 0.3 is 5.97 Å². The van der Waals surface area contributed by atoms with Crippen molar-refractivity contribution in [1.29, 1.82) is 0 Å². The first kappa shape index (κ1) is 15.7. The van der Waals surface area contributed by atoms with E-state index >= 15 is 0 Å². The summed E-state index contributed by atoms with van der Waals surface area (Å²) in [4.78, 5) is 11.3. The van der Waals surface area contributed by atoms with Crippen molar-refractivity contribution in [2.24, 2.45) is 0 Å². The summed E-state index contributed by atoms with van der Waals surface area (Å²) >= 11 is 3.40. The minimum absolute atomic E-state index is 0.0480. The van der Waals surface area contributed by atoms with Crippen LogP contribution in [-0.4, -0.2) is 11.1 Å². The number of halogens is 1. The minimum atomic E-state index is -0.901. The number of nitrogens with one attached hydrogen (secondary N) is 1. The second-order valence-corrected chi connectivity index (χ2v) is 5.98. The van der Waals surface area contributed by atoms with E-state index in [1.165, 1.54) is 11.1 Å². The van der Waals surface area contributed by atoms with E-state index in [1.807, 2.05) is 25.1 Å². The molecule has 0 aromatic heterocycles. The average Bonchev–Trinajstić information content (AvgIpc) is 2.45. The molecule has 0 spiro atoms.